The van der Waals surface area contributed by atoms with Gasteiger partial charge in [0.2, 0.25) is 5.69 Å². The first-order valence-electron chi connectivity index (χ1n) is 5.68. The summed E-state index contributed by atoms with van der Waals surface area (Å²) in [7, 11) is 1.24. The molecule has 0 bridgehead atoms. The smallest absolute Gasteiger partial charge is 0.362 e. The van der Waals surface area contributed by atoms with Crippen LogP contribution in [0.1, 0.15) is 23.3 Å². The van der Waals surface area contributed by atoms with E-state index in [1.807, 2.05) is 0 Å². The van der Waals surface area contributed by atoms with Gasteiger partial charge < -0.3 is 4.74 Å². The van der Waals surface area contributed by atoms with Crippen LogP contribution in [-0.4, -0.2) is 39.4 Å². The minimum atomic E-state index is -0.737. The molecule has 0 unspecified atom stereocenters. The third-order valence-corrected chi connectivity index (χ3v) is 3.34. The van der Waals surface area contributed by atoms with Gasteiger partial charge in [-0.15, -0.1) is 0 Å². The van der Waals surface area contributed by atoms with Crippen LogP contribution in [0.3, 0.4) is 0 Å². The molecule has 1 rings (SSSR count). The number of rotatable bonds is 8. The zero-order valence-electron chi connectivity index (χ0n) is 10.7. The Hall–Kier alpha value is -1.55. The summed E-state index contributed by atoms with van der Waals surface area (Å²) in [5, 5.41) is 11.0. The number of carbonyl (C=O) groups excluding carboxylic acids is 1. The maximum Gasteiger partial charge on any atom is 0.362 e. The summed E-state index contributed by atoms with van der Waals surface area (Å²) in [4.78, 5) is 29.4. The van der Waals surface area contributed by atoms with Crippen LogP contribution in [0.4, 0.5) is 5.69 Å². The number of nitrogens with one attached hydrogen (secondary N) is 1. The number of carbonyl (C=O) groups is 1. The molecule has 0 saturated heterocycles. The van der Waals surface area contributed by atoms with Gasteiger partial charge in [-0.25, -0.2) is 4.98 Å². The molecule has 1 aromatic heterocycles. The molecule has 1 N–H and O–H groups in total. The van der Waals surface area contributed by atoms with Gasteiger partial charge in [0.25, 0.3) is 11.8 Å². The van der Waals surface area contributed by atoms with Crippen LogP contribution >= 0.6 is 24.6 Å². The number of amides is 1. The Balaban J connectivity index is 2.75. The largest absolute Gasteiger partial charge is 0.476 e. The molecule has 0 aliphatic heterocycles. The first kappa shape index (κ1) is 16.5. The van der Waals surface area contributed by atoms with E-state index in [4.69, 9.17) is 4.74 Å². The van der Waals surface area contributed by atoms with Gasteiger partial charge in [0.1, 0.15) is 6.33 Å². The summed E-state index contributed by atoms with van der Waals surface area (Å²) in [6, 6.07) is 0. The highest BCUT2D eigenvalue weighted by molar-refractivity contribution is 7.97. The second-order valence-electron chi connectivity index (χ2n) is 3.55. The molecule has 20 heavy (non-hydrogen) atoms. The molecule has 8 nitrogen and oxygen atoms in total. The molecule has 1 amide bonds. The van der Waals surface area contributed by atoms with Crippen molar-refractivity contribution in [3.63, 3.8) is 0 Å². The first-order chi connectivity index (χ1) is 9.61. The molecule has 1 heterocycles. The van der Waals surface area contributed by atoms with Gasteiger partial charge >= 0.3 is 5.69 Å². The Morgan fingerprint density at radius 2 is 2.30 bits per heavy atom. The molecule has 110 valence electrons. The van der Waals surface area contributed by atoms with Crippen molar-refractivity contribution >= 4 is 36.2 Å². The zero-order chi connectivity index (χ0) is 15.0. The van der Waals surface area contributed by atoms with Crippen LogP contribution in [0.15, 0.2) is 6.33 Å². The van der Waals surface area contributed by atoms with E-state index in [9.17, 15) is 14.9 Å². The first-order valence-corrected chi connectivity index (χ1v) is 7.30. The maximum atomic E-state index is 11.9. The fourth-order valence-electron chi connectivity index (χ4n) is 1.29. The molecule has 1 aromatic rings. The Labute approximate surface area is 125 Å². The fourth-order valence-corrected chi connectivity index (χ4v) is 2.20. The number of unbranched alkanes of at least 4 members (excludes halogenated alkanes) is 1. The van der Waals surface area contributed by atoms with Crippen LogP contribution in [0.2, 0.25) is 0 Å². The molecule has 0 aromatic carbocycles. The van der Waals surface area contributed by atoms with Crippen molar-refractivity contribution in [1.29, 1.82) is 0 Å². The lowest BCUT2D eigenvalue weighted by molar-refractivity contribution is -0.386. The standard InChI is InChI=1S/C10H14N4O4S2/c1-18-10-8(14(16)17)7(11-6-12-10)9(15)13-20-5-3-2-4-19/h6,19H,2-5H2,1H3,(H,13,15). The minimum absolute atomic E-state index is 0.241. The highest BCUT2D eigenvalue weighted by Gasteiger charge is 2.28. The Kier molecular flexibility index (Phi) is 7.09. The lowest BCUT2D eigenvalue weighted by atomic mass is 10.3. The average molecular weight is 318 g/mol. The van der Waals surface area contributed by atoms with Gasteiger partial charge in [-0.1, -0.05) is 11.9 Å². The van der Waals surface area contributed by atoms with Gasteiger partial charge in [0.05, 0.1) is 12.0 Å². The molecule has 0 aliphatic carbocycles. The fraction of sp³-hybridized carbons (Fsp3) is 0.500. The van der Waals surface area contributed by atoms with E-state index in [-0.39, 0.29) is 11.6 Å². The van der Waals surface area contributed by atoms with Gasteiger partial charge in [-0.3, -0.25) is 19.6 Å². The zero-order valence-corrected chi connectivity index (χ0v) is 12.4. The predicted molar refractivity (Wildman–Crippen MR) is 78.2 cm³/mol. The second kappa shape index (κ2) is 8.59. The third-order valence-electron chi connectivity index (χ3n) is 2.20. The summed E-state index contributed by atoms with van der Waals surface area (Å²) < 4.78 is 7.27. The molecular formula is C10H14N4O4S2. The van der Waals surface area contributed by atoms with Crippen LogP contribution < -0.4 is 9.46 Å². The van der Waals surface area contributed by atoms with E-state index in [0.717, 1.165) is 24.9 Å². The Morgan fingerprint density at radius 1 is 1.55 bits per heavy atom. The third kappa shape index (κ3) is 4.53. The van der Waals surface area contributed by atoms with Gasteiger partial charge in [-0.2, -0.15) is 17.6 Å². The molecule has 0 atom stereocenters. The van der Waals surface area contributed by atoms with Crippen molar-refractivity contribution in [1.82, 2.24) is 14.7 Å². The molecule has 10 heteroatoms. The molecule has 0 fully saturated rings. The van der Waals surface area contributed by atoms with Crippen LogP contribution in [-0.2, 0) is 0 Å². The van der Waals surface area contributed by atoms with Gasteiger partial charge in [0.15, 0.2) is 0 Å². The second-order valence-corrected chi connectivity index (χ2v) is 4.90. The summed E-state index contributed by atoms with van der Waals surface area (Å²) in [5.74, 6) is 0.592. The molecule has 0 saturated carbocycles. The SMILES string of the molecule is COc1ncnc(C(=O)NSCCCCS)c1[N+](=O)[O-]. The molecule has 0 radical (unpaired) electrons. The maximum absolute atomic E-state index is 11.9. The quantitative estimate of drug-likeness (QED) is 0.246. The lowest BCUT2D eigenvalue weighted by Crippen LogP contribution is -2.20. The van der Waals surface area contributed by atoms with E-state index in [1.54, 1.807) is 0 Å². The van der Waals surface area contributed by atoms with Crippen molar-refractivity contribution in [2.24, 2.45) is 0 Å². The van der Waals surface area contributed by atoms with Crippen LogP contribution in [0, 0.1) is 10.1 Å². The normalized spacial score (nSPS) is 10.1. The van der Waals surface area contributed by atoms with Crippen LogP contribution in [0.5, 0.6) is 5.88 Å². The van der Waals surface area contributed by atoms with Gasteiger partial charge in [-0.05, 0) is 18.6 Å². The molecular weight excluding hydrogens is 304 g/mol. The molecule has 0 spiro atoms. The topological polar surface area (TPSA) is 107 Å². The number of methoxy groups -OCH3 is 1. The summed E-state index contributed by atoms with van der Waals surface area (Å²) in [5.41, 5.74) is -0.855. The number of hydrogen-bond acceptors (Lipinski definition) is 8. The van der Waals surface area contributed by atoms with E-state index in [2.05, 4.69) is 27.3 Å². The minimum Gasteiger partial charge on any atom is -0.476 e. The summed E-state index contributed by atoms with van der Waals surface area (Å²) >= 11 is 5.25. The predicted octanol–water partition coefficient (Wildman–Crippen LogP) is 1.48. The highest BCUT2D eigenvalue weighted by atomic mass is 32.2. The number of hydrogen-bond donors (Lipinski definition) is 2. The number of nitro groups is 1. The van der Waals surface area contributed by atoms with Gasteiger partial charge in [0, 0.05) is 5.75 Å². The van der Waals surface area contributed by atoms with E-state index >= 15 is 0 Å². The van der Waals surface area contributed by atoms with E-state index < -0.39 is 16.5 Å². The number of nitrogens with zero attached hydrogens (tertiary/aromatic N) is 3. The number of thiol groups is 1. The average Bonchev–Trinajstić information content (AvgIpc) is 2.45. The van der Waals surface area contributed by atoms with Crippen molar-refractivity contribution in [3.05, 3.63) is 22.1 Å². The Bertz CT molecular complexity index is 486. The van der Waals surface area contributed by atoms with E-state index in [0.29, 0.717) is 5.75 Å². The summed E-state index contributed by atoms with van der Waals surface area (Å²) in [6.07, 6.45) is 2.88. The Morgan fingerprint density at radius 3 is 2.90 bits per heavy atom. The van der Waals surface area contributed by atoms with Crippen molar-refractivity contribution in [3.8, 4) is 5.88 Å². The number of ether oxygens (including phenoxy) is 1. The summed E-state index contributed by atoms with van der Waals surface area (Å²) in [6.45, 7) is 0. The van der Waals surface area contributed by atoms with E-state index in [1.165, 1.54) is 19.1 Å². The van der Waals surface area contributed by atoms with Crippen molar-refractivity contribution < 1.29 is 14.5 Å². The monoisotopic (exact) mass is 318 g/mol. The highest BCUT2D eigenvalue weighted by Crippen LogP contribution is 2.26. The van der Waals surface area contributed by atoms with Crippen LogP contribution in [0.25, 0.3) is 0 Å². The number of aromatic nitrogens is 2. The van der Waals surface area contributed by atoms with Crippen molar-refractivity contribution in [2.75, 3.05) is 18.6 Å². The van der Waals surface area contributed by atoms with Crippen molar-refractivity contribution in [2.45, 2.75) is 12.8 Å². The molecule has 0 aliphatic rings. The lowest BCUT2D eigenvalue weighted by Gasteiger charge is -2.05.